The topological polar surface area (TPSA) is 98.8 Å². The second kappa shape index (κ2) is 7.99. The van der Waals surface area contributed by atoms with Crippen LogP contribution >= 0.6 is 0 Å². The SMILES string of the molecule is O=C(CCCN1C(=O)CNC1=O)NCc1ccc(N2CCCC2=O)cc1. The molecule has 26 heavy (non-hydrogen) atoms. The van der Waals surface area contributed by atoms with Gasteiger partial charge in [-0.3, -0.25) is 19.3 Å². The number of rotatable bonds is 7. The summed E-state index contributed by atoms with van der Waals surface area (Å²) in [5, 5.41) is 5.27. The summed E-state index contributed by atoms with van der Waals surface area (Å²) in [7, 11) is 0. The molecule has 0 aromatic heterocycles. The third-order valence-electron chi connectivity index (χ3n) is 4.53. The third-order valence-corrected chi connectivity index (χ3v) is 4.53. The first kappa shape index (κ1) is 17.9. The van der Waals surface area contributed by atoms with Gasteiger partial charge in [-0.15, -0.1) is 0 Å². The summed E-state index contributed by atoms with van der Waals surface area (Å²) in [6.45, 7) is 1.43. The van der Waals surface area contributed by atoms with Crippen molar-refractivity contribution in [3.63, 3.8) is 0 Å². The van der Waals surface area contributed by atoms with E-state index in [1.807, 2.05) is 24.3 Å². The van der Waals surface area contributed by atoms with E-state index in [4.69, 9.17) is 0 Å². The van der Waals surface area contributed by atoms with Crippen molar-refractivity contribution in [2.45, 2.75) is 32.2 Å². The third kappa shape index (κ3) is 4.19. The number of benzene rings is 1. The van der Waals surface area contributed by atoms with Gasteiger partial charge >= 0.3 is 6.03 Å². The maximum absolute atomic E-state index is 11.9. The average Bonchev–Trinajstić information content (AvgIpc) is 3.20. The van der Waals surface area contributed by atoms with Gasteiger partial charge in [0.15, 0.2) is 0 Å². The van der Waals surface area contributed by atoms with Crippen molar-refractivity contribution in [2.75, 3.05) is 24.5 Å². The van der Waals surface area contributed by atoms with Crippen molar-refractivity contribution in [1.29, 1.82) is 0 Å². The normalized spacial score (nSPS) is 17.0. The highest BCUT2D eigenvalue weighted by Crippen LogP contribution is 2.21. The fourth-order valence-electron chi connectivity index (χ4n) is 3.08. The van der Waals surface area contributed by atoms with E-state index in [2.05, 4.69) is 10.6 Å². The number of anilines is 1. The fraction of sp³-hybridized carbons (Fsp3) is 0.444. The number of imide groups is 1. The van der Waals surface area contributed by atoms with Crippen LogP contribution in [0.5, 0.6) is 0 Å². The summed E-state index contributed by atoms with van der Waals surface area (Å²) in [5.74, 6) is -0.237. The zero-order chi connectivity index (χ0) is 18.5. The van der Waals surface area contributed by atoms with Gasteiger partial charge < -0.3 is 15.5 Å². The molecule has 2 saturated heterocycles. The first-order chi connectivity index (χ1) is 12.5. The number of hydrogen-bond acceptors (Lipinski definition) is 4. The summed E-state index contributed by atoms with van der Waals surface area (Å²) in [4.78, 5) is 49.4. The molecule has 0 unspecified atom stereocenters. The van der Waals surface area contributed by atoms with Crippen molar-refractivity contribution in [1.82, 2.24) is 15.5 Å². The van der Waals surface area contributed by atoms with Crippen LogP contribution in [0.2, 0.25) is 0 Å². The zero-order valence-corrected chi connectivity index (χ0v) is 14.5. The Bertz CT molecular complexity index is 700. The van der Waals surface area contributed by atoms with Gasteiger partial charge in [0.05, 0.1) is 6.54 Å². The molecule has 0 spiro atoms. The molecule has 3 rings (SSSR count). The molecule has 2 fully saturated rings. The molecule has 2 aliphatic rings. The largest absolute Gasteiger partial charge is 0.352 e. The van der Waals surface area contributed by atoms with Crippen LogP contribution in [-0.2, 0) is 20.9 Å². The van der Waals surface area contributed by atoms with Gasteiger partial charge in [-0.2, -0.15) is 0 Å². The molecule has 138 valence electrons. The Hall–Kier alpha value is -2.90. The number of urea groups is 1. The second-order valence-electron chi connectivity index (χ2n) is 6.40. The molecule has 8 heteroatoms. The van der Waals surface area contributed by atoms with E-state index in [0.717, 1.165) is 29.1 Å². The van der Waals surface area contributed by atoms with Gasteiger partial charge in [0.1, 0.15) is 0 Å². The standard InChI is InChI=1S/C18H22N4O4/c23-15(3-1-10-22-17(25)12-20-18(22)26)19-11-13-5-7-14(8-6-13)21-9-2-4-16(21)24/h5-8H,1-4,9-12H2,(H,19,23)(H,20,26). The first-order valence-corrected chi connectivity index (χ1v) is 8.79. The van der Waals surface area contributed by atoms with E-state index in [-0.39, 0.29) is 37.2 Å². The number of carbonyl (C=O) groups excluding carboxylic acids is 4. The van der Waals surface area contributed by atoms with Gasteiger partial charge in [-0.05, 0) is 30.5 Å². The highest BCUT2D eigenvalue weighted by atomic mass is 16.2. The minimum atomic E-state index is -0.396. The van der Waals surface area contributed by atoms with Gasteiger partial charge in [0.2, 0.25) is 17.7 Å². The summed E-state index contributed by atoms with van der Waals surface area (Å²) in [6, 6.07) is 7.18. The molecule has 0 saturated carbocycles. The fourth-order valence-corrected chi connectivity index (χ4v) is 3.08. The lowest BCUT2D eigenvalue weighted by atomic mass is 10.2. The molecule has 2 heterocycles. The van der Waals surface area contributed by atoms with E-state index in [9.17, 15) is 19.2 Å². The smallest absolute Gasteiger partial charge is 0.324 e. The summed E-state index contributed by atoms with van der Waals surface area (Å²) < 4.78 is 0. The molecule has 5 amide bonds. The highest BCUT2D eigenvalue weighted by molar-refractivity contribution is 6.01. The highest BCUT2D eigenvalue weighted by Gasteiger charge is 2.27. The van der Waals surface area contributed by atoms with Gasteiger partial charge in [0, 0.05) is 38.2 Å². The number of nitrogens with one attached hydrogen (secondary N) is 2. The number of carbonyl (C=O) groups is 4. The van der Waals surface area contributed by atoms with Gasteiger partial charge in [-0.1, -0.05) is 12.1 Å². The van der Waals surface area contributed by atoms with Crippen LogP contribution in [0.4, 0.5) is 10.5 Å². The molecular formula is C18H22N4O4. The molecule has 0 bridgehead atoms. The van der Waals surface area contributed by atoms with E-state index < -0.39 is 6.03 Å². The van der Waals surface area contributed by atoms with Gasteiger partial charge in [0.25, 0.3) is 0 Å². The van der Waals surface area contributed by atoms with E-state index in [1.54, 1.807) is 4.90 Å². The van der Waals surface area contributed by atoms with Crippen molar-refractivity contribution in [2.24, 2.45) is 0 Å². The molecule has 0 atom stereocenters. The average molecular weight is 358 g/mol. The molecule has 0 aliphatic carbocycles. The van der Waals surface area contributed by atoms with Crippen LogP contribution in [0.25, 0.3) is 0 Å². The monoisotopic (exact) mass is 358 g/mol. The molecule has 2 aliphatic heterocycles. The Morgan fingerprint density at radius 3 is 2.50 bits per heavy atom. The van der Waals surface area contributed by atoms with Crippen LogP contribution in [0.1, 0.15) is 31.2 Å². The van der Waals surface area contributed by atoms with Crippen LogP contribution in [0.3, 0.4) is 0 Å². The molecule has 0 radical (unpaired) electrons. The Morgan fingerprint density at radius 1 is 1.12 bits per heavy atom. The number of amides is 5. The quantitative estimate of drug-likeness (QED) is 0.703. The Labute approximate surface area is 151 Å². The van der Waals surface area contributed by atoms with Crippen molar-refractivity contribution < 1.29 is 19.2 Å². The van der Waals surface area contributed by atoms with Crippen LogP contribution in [-0.4, -0.2) is 48.3 Å². The zero-order valence-electron chi connectivity index (χ0n) is 14.5. The predicted molar refractivity (Wildman–Crippen MR) is 94.2 cm³/mol. The summed E-state index contributed by atoms with van der Waals surface area (Å²) >= 11 is 0. The van der Waals surface area contributed by atoms with Crippen molar-refractivity contribution in [3.05, 3.63) is 29.8 Å². The summed E-state index contributed by atoms with van der Waals surface area (Å²) in [5.41, 5.74) is 1.83. The molecule has 2 N–H and O–H groups in total. The Kier molecular flexibility index (Phi) is 5.50. The number of nitrogens with zero attached hydrogens (tertiary/aromatic N) is 2. The van der Waals surface area contributed by atoms with Gasteiger partial charge in [-0.25, -0.2) is 4.79 Å². The van der Waals surface area contributed by atoms with Crippen LogP contribution in [0.15, 0.2) is 24.3 Å². The van der Waals surface area contributed by atoms with E-state index >= 15 is 0 Å². The van der Waals surface area contributed by atoms with Crippen LogP contribution in [0, 0.1) is 0 Å². The van der Waals surface area contributed by atoms with E-state index in [0.29, 0.717) is 19.4 Å². The first-order valence-electron chi connectivity index (χ1n) is 8.79. The Morgan fingerprint density at radius 2 is 1.88 bits per heavy atom. The Balaban J connectivity index is 1.39. The number of hydrogen-bond donors (Lipinski definition) is 2. The second-order valence-corrected chi connectivity index (χ2v) is 6.40. The molecule has 8 nitrogen and oxygen atoms in total. The maximum Gasteiger partial charge on any atom is 0.324 e. The minimum Gasteiger partial charge on any atom is -0.352 e. The summed E-state index contributed by atoms with van der Waals surface area (Å²) in [6.07, 6.45) is 2.17. The van der Waals surface area contributed by atoms with Crippen molar-refractivity contribution >= 4 is 29.4 Å². The molecule has 1 aromatic carbocycles. The lowest BCUT2D eigenvalue weighted by Crippen LogP contribution is -2.32. The van der Waals surface area contributed by atoms with Crippen molar-refractivity contribution in [3.8, 4) is 0 Å². The lowest BCUT2D eigenvalue weighted by Gasteiger charge is -2.16. The molecular weight excluding hydrogens is 336 g/mol. The lowest BCUT2D eigenvalue weighted by molar-refractivity contribution is -0.126. The van der Waals surface area contributed by atoms with Crippen LogP contribution < -0.4 is 15.5 Å². The predicted octanol–water partition coefficient (Wildman–Crippen LogP) is 0.762. The van der Waals surface area contributed by atoms with E-state index in [1.165, 1.54) is 0 Å². The maximum atomic E-state index is 11.9. The minimum absolute atomic E-state index is 0.0318. The molecule has 1 aromatic rings.